The standard InChI is InChI=1S/C22H39NO6SSi/c1-14(2)31(15(3)4,16(5)6)29-19-12-17(23-21(24)28-22(7,8)9)18(27-10)13-20(19)30(11,25)26/h12-16H,1-11H3,(H,23,24). The lowest BCUT2D eigenvalue weighted by molar-refractivity contribution is 0.0635. The first-order valence-electron chi connectivity index (χ1n) is 10.6. The van der Waals surface area contributed by atoms with Gasteiger partial charge in [-0.3, -0.25) is 5.32 Å². The van der Waals surface area contributed by atoms with Gasteiger partial charge in [-0.1, -0.05) is 41.5 Å². The van der Waals surface area contributed by atoms with Crippen LogP contribution in [0.4, 0.5) is 10.5 Å². The molecule has 0 saturated carbocycles. The van der Waals surface area contributed by atoms with Crippen molar-refractivity contribution in [3.05, 3.63) is 12.1 Å². The molecule has 0 fully saturated rings. The second-order valence-corrected chi connectivity index (χ2v) is 17.2. The average molecular weight is 474 g/mol. The van der Waals surface area contributed by atoms with Crippen LogP contribution in [0.15, 0.2) is 17.0 Å². The van der Waals surface area contributed by atoms with Gasteiger partial charge >= 0.3 is 6.09 Å². The number of sulfone groups is 1. The van der Waals surface area contributed by atoms with Gasteiger partial charge in [0.1, 0.15) is 22.0 Å². The number of ether oxygens (including phenoxy) is 2. The fourth-order valence-corrected chi connectivity index (χ4v) is 10.3. The predicted molar refractivity (Wildman–Crippen MR) is 128 cm³/mol. The second kappa shape index (κ2) is 9.81. The number of carbonyl (C=O) groups excluding carboxylic acids is 1. The van der Waals surface area contributed by atoms with E-state index in [0.717, 1.165) is 6.26 Å². The molecule has 31 heavy (non-hydrogen) atoms. The maximum absolute atomic E-state index is 12.6. The van der Waals surface area contributed by atoms with Gasteiger partial charge in [0, 0.05) is 18.4 Å². The van der Waals surface area contributed by atoms with Crippen LogP contribution < -0.4 is 14.5 Å². The van der Waals surface area contributed by atoms with E-state index in [9.17, 15) is 13.2 Å². The maximum atomic E-state index is 12.6. The summed E-state index contributed by atoms with van der Waals surface area (Å²) in [6, 6.07) is 2.94. The predicted octanol–water partition coefficient (Wildman–Crippen LogP) is 6.00. The quantitative estimate of drug-likeness (QED) is 0.466. The van der Waals surface area contributed by atoms with Crippen LogP contribution in [0.1, 0.15) is 62.3 Å². The largest absolute Gasteiger partial charge is 0.542 e. The number of hydrogen-bond acceptors (Lipinski definition) is 6. The van der Waals surface area contributed by atoms with Gasteiger partial charge in [0.2, 0.25) is 0 Å². The Morgan fingerprint density at radius 3 is 1.81 bits per heavy atom. The highest BCUT2D eigenvalue weighted by Gasteiger charge is 2.47. The molecule has 0 aliphatic carbocycles. The third-order valence-electron chi connectivity index (χ3n) is 5.29. The molecular weight excluding hydrogens is 434 g/mol. The van der Waals surface area contributed by atoms with E-state index in [1.54, 1.807) is 20.8 Å². The lowest BCUT2D eigenvalue weighted by atomic mass is 10.2. The molecule has 0 bridgehead atoms. The zero-order valence-electron chi connectivity index (χ0n) is 20.7. The third-order valence-corrected chi connectivity index (χ3v) is 12.4. The Morgan fingerprint density at radius 2 is 1.45 bits per heavy atom. The Labute approximate surface area is 188 Å². The van der Waals surface area contributed by atoms with Crippen molar-refractivity contribution in [2.24, 2.45) is 0 Å². The number of rotatable bonds is 8. The van der Waals surface area contributed by atoms with Crippen LogP contribution in [-0.2, 0) is 14.6 Å². The van der Waals surface area contributed by atoms with E-state index < -0.39 is 29.8 Å². The minimum Gasteiger partial charge on any atom is -0.542 e. The van der Waals surface area contributed by atoms with Gasteiger partial charge in [0.05, 0.1) is 12.8 Å². The Balaban J connectivity index is 3.68. The molecule has 0 aliphatic rings. The van der Waals surface area contributed by atoms with Crippen LogP contribution in [0.25, 0.3) is 0 Å². The first-order valence-corrected chi connectivity index (χ1v) is 14.6. The summed E-state index contributed by atoms with van der Waals surface area (Å²) in [5.74, 6) is 0.446. The number of anilines is 1. The molecular formula is C22H39NO6SSi. The zero-order chi connectivity index (χ0) is 24.4. The third kappa shape index (κ3) is 6.62. The Hall–Kier alpha value is -1.74. The van der Waals surface area contributed by atoms with Gasteiger partial charge in [-0.05, 0) is 37.4 Å². The first-order chi connectivity index (χ1) is 14.0. The molecule has 7 nitrogen and oxygen atoms in total. The molecule has 0 aliphatic heterocycles. The molecule has 0 radical (unpaired) electrons. The summed E-state index contributed by atoms with van der Waals surface area (Å²) >= 11 is 0. The number of hydrogen-bond donors (Lipinski definition) is 1. The van der Waals surface area contributed by atoms with E-state index >= 15 is 0 Å². The molecule has 0 saturated heterocycles. The highest BCUT2D eigenvalue weighted by atomic mass is 32.2. The molecule has 1 aromatic rings. The number of amides is 1. The van der Waals surface area contributed by atoms with Crippen molar-refractivity contribution >= 4 is 29.9 Å². The summed E-state index contributed by atoms with van der Waals surface area (Å²) in [6.45, 7) is 18.0. The maximum Gasteiger partial charge on any atom is 0.412 e. The van der Waals surface area contributed by atoms with Crippen LogP contribution in [0.3, 0.4) is 0 Å². The normalized spacial score (nSPS) is 13.0. The number of methoxy groups -OCH3 is 1. The lowest BCUT2D eigenvalue weighted by Crippen LogP contribution is -2.51. The molecule has 0 atom stereocenters. The number of nitrogens with one attached hydrogen (secondary N) is 1. The monoisotopic (exact) mass is 473 g/mol. The highest BCUT2D eigenvalue weighted by molar-refractivity contribution is 7.90. The van der Waals surface area contributed by atoms with Crippen molar-refractivity contribution in [1.82, 2.24) is 0 Å². The van der Waals surface area contributed by atoms with E-state index in [0.29, 0.717) is 5.69 Å². The first kappa shape index (κ1) is 27.3. The number of carbonyl (C=O) groups is 1. The van der Waals surface area contributed by atoms with E-state index in [2.05, 4.69) is 46.9 Å². The summed E-state index contributed by atoms with van der Waals surface area (Å²) in [5.41, 5.74) is 0.328. The molecule has 178 valence electrons. The summed E-state index contributed by atoms with van der Waals surface area (Å²) < 4.78 is 42.6. The summed E-state index contributed by atoms with van der Waals surface area (Å²) in [7, 11) is -4.66. The highest BCUT2D eigenvalue weighted by Crippen LogP contribution is 2.45. The Morgan fingerprint density at radius 1 is 0.968 bits per heavy atom. The molecule has 1 aromatic carbocycles. The van der Waals surface area contributed by atoms with Crippen molar-refractivity contribution in [3.63, 3.8) is 0 Å². The minimum absolute atomic E-state index is 0.0397. The number of benzene rings is 1. The van der Waals surface area contributed by atoms with Crippen LogP contribution >= 0.6 is 0 Å². The van der Waals surface area contributed by atoms with E-state index in [-0.39, 0.29) is 33.0 Å². The second-order valence-electron chi connectivity index (χ2n) is 9.82. The zero-order valence-corrected chi connectivity index (χ0v) is 22.6. The molecule has 0 unspecified atom stereocenters. The molecule has 1 amide bonds. The Bertz CT molecular complexity index is 866. The van der Waals surface area contributed by atoms with Crippen molar-refractivity contribution in [1.29, 1.82) is 0 Å². The average Bonchev–Trinajstić information content (AvgIpc) is 2.55. The smallest absolute Gasteiger partial charge is 0.412 e. The van der Waals surface area contributed by atoms with Crippen molar-refractivity contribution in [2.75, 3.05) is 18.7 Å². The fraction of sp³-hybridized carbons (Fsp3) is 0.682. The van der Waals surface area contributed by atoms with Crippen molar-refractivity contribution < 1.29 is 27.1 Å². The minimum atomic E-state index is -3.62. The van der Waals surface area contributed by atoms with Gasteiger partial charge in [0.15, 0.2) is 9.84 Å². The van der Waals surface area contributed by atoms with Crippen molar-refractivity contribution in [3.8, 4) is 11.5 Å². The van der Waals surface area contributed by atoms with Gasteiger partial charge in [-0.2, -0.15) is 0 Å². The topological polar surface area (TPSA) is 90.9 Å². The molecule has 0 spiro atoms. The van der Waals surface area contributed by atoms with E-state index in [1.807, 2.05) is 0 Å². The van der Waals surface area contributed by atoms with E-state index in [1.165, 1.54) is 19.2 Å². The fourth-order valence-electron chi connectivity index (χ4n) is 4.13. The Kier molecular flexibility index (Phi) is 8.64. The van der Waals surface area contributed by atoms with Gasteiger partial charge in [-0.15, -0.1) is 0 Å². The summed E-state index contributed by atoms with van der Waals surface area (Å²) in [4.78, 5) is 12.4. The van der Waals surface area contributed by atoms with E-state index in [4.69, 9.17) is 13.9 Å². The molecule has 0 aromatic heterocycles. The SMILES string of the molecule is COc1cc(S(C)(=O)=O)c(O[Si](C(C)C)(C(C)C)C(C)C)cc1NC(=O)OC(C)(C)C. The van der Waals surface area contributed by atoms with Crippen LogP contribution in [0, 0.1) is 0 Å². The van der Waals surface area contributed by atoms with Crippen LogP contribution in [0.2, 0.25) is 16.6 Å². The summed E-state index contributed by atoms with van der Waals surface area (Å²) in [5, 5.41) is 2.66. The molecule has 9 heteroatoms. The van der Waals surface area contributed by atoms with Crippen LogP contribution in [0.5, 0.6) is 11.5 Å². The lowest BCUT2D eigenvalue weighted by Gasteiger charge is -2.42. The van der Waals surface area contributed by atoms with Crippen molar-refractivity contribution in [2.45, 2.75) is 89.4 Å². The summed E-state index contributed by atoms with van der Waals surface area (Å²) in [6.07, 6.45) is 0.475. The molecule has 1 N–H and O–H groups in total. The molecule has 1 rings (SSSR count). The molecule has 0 heterocycles. The van der Waals surface area contributed by atoms with Gasteiger partial charge in [-0.25, -0.2) is 13.2 Å². The van der Waals surface area contributed by atoms with Crippen LogP contribution in [-0.4, -0.2) is 41.8 Å². The van der Waals surface area contributed by atoms with Gasteiger partial charge < -0.3 is 13.9 Å². The van der Waals surface area contributed by atoms with Gasteiger partial charge in [0.25, 0.3) is 8.32 Å².